The van der Waals surface area contributed by atoms with Gasteiger partial charge in [0.2, 0.25) is 0 Å². The largest absolute Gasteiger partial charge is 0.494 e. The molecular formula is C13H21NO. The fraction of sp³-hybridized carbons (Fsp3) is 0.538. The molecule has 0 fully saturated rings. The van der Waals surface area contributed by atoms with Gasteiger partial charge in [0, 0.05) is 6.54 Å². The standard InChI is InChI=1S/C13H21NO/c1-11-6-7-13(10-12(11)2)15-9-5-8-14(3)4/h6-7,10H,5,8-9H2,1-4H3. The summed E-state index contributed by atoms with van der Waals surface area (Å²) in [5.41, 5.74) is 2.61. The van der Waals surface area contributed by atoms with E-state index in [4.69, 9.17) is 4.74 Å². The van der Waals surface area contributed by atoms with Crippen molar-refractivity contribution >= 4 is 0 Å². The molecule has 0 aliphatic rings. The molecule has 0 N–H and O–H groups in total. The molecule has 0 saturated heterocycles. The second kappa shape index (κ2) is 5.76. The SMILES string of the molecule is Cc1ccc(OCCCN(C)C)cc1C. The summed E-state index contributed by atoms with van der Waals surface area (Å²) in [6.45, 7) is 6.10. The van der Waals surface area contributed by atoms with Gasteiger partial charge in [-0.3, -0.25) is 0 Å². The third kappa shape index (κ3) is 4.34. The first kappa shape index (κ1) is 12.1. The van der Waals surface area contributed by atoms with Gasteiger partial charge in [-0.1, -0.05) is 6.07 Å². The van der Waals surface area contributed by atoms with Crippen LogP contribution in [-0.2, 0) is 0 Å². The second-order valence-corrected chi connectivity index (χ2v) is 4.25. The van der Waals surface area contributed by atoms with Crippen LogP contribution in [0.15, 0.2) is 18.2 Å². The molecule has 0 atom stereocenters. The van der Waals surface area contributed by atoms with Gasteiger partial charge in [0.25, 0.3) is 0 Å². The smallest absolute Gasteiger partial charge is 0.119 e. The van der Waals surface area contributed by atoms with Gasteiger partial charge in [-0.2, -0.15) is 0 Å². The molecule has 0 bridgehead atoms. The number of aryl methyl sites for hydroxylation is 2. The van der Waals surface area contributed by atoms with Crippen LogP contribution < -0.4 is 4.74 Å². The number of benzene rings is 1. The van der Waals surface area contributed by atoms with E-state index >= 15 is 0 Å². The van der Waals surface area contributed by atoms with Crippen LogP contribution in [0.2, 0.25) is 0 Å². The van der Waals surface area contributed by atoms with E-state index in [9.17, 15) is 0 Å². The van der Waals surface area contributed by atoms with Gasteiger partial charge in [-0.05, 0) is 57.6 Å². The van der Waals surface area contributed by atoms with Crippen LogP contribution in [0.4, 0.5) is 0 Å². The summed E-state index contributed by atoms with van der Waals surface area (Å²) < 4.78 is 5.67. The van der Waals surface area contributed by atoms with E-state index in [1.165, 1.54) is 11.1 Å². The highest BCUT2D eigenvalue weighted by Gasteiger charge is 1.97. The minimum atomic E-state index is 0.792. The maximum Gasteiger partial charge on any atom is 0.119 e. The lowest BCUT2D eigenvalue weighted by molar-refractivity contribution is 0.281. The van der Waals surface area contributed by atoms with E-state index < -0.39 is 0 Å². The Kier molecular flexibility index (Phi) is 4.63. The quantitative estimate of drug-likeness (QED) is 0.688. The summed E-state index contributed by atoms with van der Waals surface area (Å²) in [5, 5.41) is 0. The zero-order chi connectivity index (χ0) is 11.3. The minimum Gasteiger partial charge on any atom is -0.494 e. The van der Waals surface area contributed by atoms with Crippen molar-refractivity contribution in [3.63, 3.8) is 0 Å². The average Bonchev–Trinajstić information content (AvgIpc) is 2.18. The Hall–Kier alpha value is -1.02. The predicted molar refractivity (Wildman–Crippen MR) is 64.6 cm³/mol. The van der Waals surface area contributed by atoms with E-state index in [2.05, 4.69) is 45.0 Å². The van der Waals surface area contributed by atoms with E-state index in [1.807, 2.05) is 6.07 Å². The molecule has 15 heavy (non-hydrogen) atoms. The minimum absolute atomic E-state index is 0.792. The van der Waals surface area contributed by atoms with Crippen LogP contribution in [0.5, 0.6) is 5.75 Å². The molecule has 1 aromatic rings. The summed E-state index contributed by atoms with van der Waals surface area (Å²) >= 11 is 0. The fourth-order valence-electron chi connectivity index (χ4n) is 1.37. The van der Waals surface area contributed by atoms with Crippen LogP contribution in [-0.4, -0.2) is 32.1 Å². The molecule has 2 heteroatoms. The Bertz CT molecular complexity index is 307. The lowest BCUT2D eigenvalue weighted by Crippen LogP contribution is -2.15. The van der Waals surface area contributed by atoms with Crippen LogP contribution in [0, 0.1) is 13.8 Å². The molecule has 0 aliphatic heterocycles. The van der Waals surface area contributed by atoms with Crippen molar-refractivity contribution in [2.75, 3.05) is 27.2 Å². The molecule has 1 rings (SSSR count). The Labute approximate surface area is 92.9 Å². The highest BCUT2D eigenvalue weighted by atomic mass is 16.5. The van der Waals surface area contributed by atoms with Gasteiger partial charge in [0.15, 0.2) is 0 Å². The van der Waals surface area contributed by atoms with Crippen molar-refractivity contribution in [3.8, 4) is 5.75 Å². The third-order valence-corrected chi connectivity index (χ3v) is 2.50. The Morgan fingerprint density at radius 3 is 2.47 bits per heavy atom. The first-order valence-corrected chi connectivity index (χ1v) is 5.44. The molecule has 2 nitrogen and oxygen atoms in total. The number of hydrogen-bond donors (Lipinski definition) is 0. The van der Waals surface area contributed by atoms with Crippen molar-refractivity contribution in [3.05, 3.63) is 29.3 Å². The number of ether oxygens (including phenoxy) is 1. The van der Waals surface area contributed by atoms with E-state index in [0.29, 0.717) is 0 Å². The van der Waals surface area contributed by atoms with Gasteiger partial charge < -0.3 is 9.64 Å². The number of rotatable bonds is 5. The zero-order valence-electron chi connectivity index (χ0n) is 10.2. The van der Waals surface area contributed by atoms with Crippen molar-refractivity contribution in [2.45, 2.75) is 20.3 Å². The topological polar surface area (TPSA) is 12.5 Å². The molecule has 0 radical (unpaired) electrons. The second-order valence-electron chi connectivity index (χ2n) is 4.25. The predicted octanol–water partition coefficient (Wildman–Crippen LogP) is 2.63. The van der Waals surface area contributed by atoms with Gasteiger partial charge in [-0.25, -0.2) is 0 Å². The molecule has 0 saturated carbocycles. The summed E-state index contributed by atoms with van der Waals surface area (Å²) in [5.74, 6) is 0.983. The van der Waals surface area contributed by atoms with Crippen LogP contribution in [0.1, 0.15) is 17.5 Å². The van der Waals surface area contributed by atoms with E-state index in [1.54, 1.807) is 0 Å². The maximum absolute atomic E-state index is 5.67. The summed E-state index contributed by atoms with van der Waals surface area (Å²) in [4.78, 5) is 2.17. The zero-order valence-corrected chi connectivity index (χ0v) is 10.2. The van der Waals surface area contributed by atoms with Crippen LogP contribution in [0.3, 0.4) is 0 Å². The number of hydrogen-bond acceptors (Lipinski definition) is 2. The highest BCUT2D eigenvalue weighted by Crippen LogP contribution is 2.16. The van der Waals surface area contributed by atoms with Crippen LogP contribution in [0.25, 0.3) is 0 Å². The molecule has 0 amide bonds. The van der Waals surface area contributed by atoms with Crippen molar-refractivity contribution < 1.29 is 4.74 Å². The van der Waals surface area contributed by atoms with Crippen molar-refractivity contribution in [1.29, 1.82) is 0 Å². The van der Waals surface area contributed by atoms with E-state index in [0.717, 1.165) is 25.3 Å². The average molecular weight is 207 g/mol. The molecule has 0 unspecified atom stereocenters. The monoisotopic (exact) mass is 207 g/mol. The summed E-state index contributed by atoms with van der Waals surface area (Å²) in [7, 11) is 4.16. The normalized spacial score (nSPS) is 10.7. The third-order valence-electron chi connectivity index (χ3n) is 2.50. The maximum atomic E-state index is 5.67. The van der Waals surface area contributed by atoms with E-state index in [-0.39, 0.29) is 0 Å². The lowest BCUT2D eigenvalue weighted by atomic mass is 10.1. The van der Waals surface area contributed by atoms with Crippen molar-refractivity contribution in [2.24, 2.45) is 0 Å². The Morgan fingerprint density at radius 2 is 1.87 bits per heavy atom. The van der Waals surface area contributed by atoms with Gasteiger partial charge in [-0.15, -0.1) is 0 Å². The van der Waals surface area contributed by atoms with Gasteiger partial charge in [0.1, 0.15) is 5.75 Å². The summed E-state index contributed by atoms with van der Waals surface area (Å²) in [6.07, 6.45) is 1.07. The molecular weight excluding hydrogens is 186 g/mol. The Morgan fingerprint density at radius 1 is 1.13 bits per heavy atom. The first-order chi connectivity index (χ1) is 7.09. The lowest BCUT2D eigenvalue weighted by Gasteiger charge is -2.11. The molecule has 1 aromatic carbocycles. The fourth-order valence-corrected chi connectivity index (χ4v) is 1.37. The van der Waals surface area contributed by atoms with Crippen LogP contribution >= 0.6 is 0 Å². The molecule has 0 aromatic heterocycles. The van der Waals surface area contributed by atoms with Gasteiger partial charge >= 0.3 is 0 Å². The molecule has 0 aliphatic carbocycles. The van der Waals surface area contributed by atoms with Gasteiger partial charge in [0.05, 0.1) is 6.61 Å². The molecule has 0 heterocycles. The Balaban J connectivity index is 2.35. The highest BCUT2D eigenvalue weighted by molar-refractivity contribution is 5.33. The molecule has 84 valence electrons. The van der Waals surface area contributed by atoms with Crippen molar-refractivity contribution in [1.82, 2.24) is 4.90 Å². The first-order valence-electron chi connectivity index (χ1n) is 5.44. The number of nitrogens with zero attached hydrogens (tertiary/aromatic N) is 1. The summed E-state index contributed by atoms with van der Waals surface area (Å²) in [6, 6.07) is 6.25. The molecule has 0 spiro atoms.